The number of carbonyl (C=O) groups excluding carboxylic acids is 2. The number of amides is 2. The first kappa shape index (κ1) is 24.7. The second-order valence-electron chi connectivity index (χ2n) is 10.5. The molecule has 194 valence electrons. The van der Waals surface area contributed by atoms with Crippen molar-refractivity contribution in [3.05, 3.63) is 51.2 Å². The van der Waals surface area contributed by atoms with Gasteiger partial charge in [0, 0.05) is 37.5 Å². The van der Waals surface area contributed by atoms with Gasteiger partial charge in [-0.1, -0.05) is 32.1 Å². The van der Waals surface area contributed by atoms with Crippen molar-refractivity contribution < 1.29 is 14.3 Å². The Hall–Kier alpha value is -2.94. The molecular formula is C27H37N5O4. The number of H-pyrrole nitrogens is 1. The van der Waals surface area contributed by atoms with E-state index in [1.807, 2.05) is 6.07 Å². The zero-order valence-electron chi connectivity index (χ0n) is 20.9. The predicted octanol–water partition coefficient (Wildman–Crippen LogP) is 3.40. The van der Waals surface area contributed by atoms with E-state index in [0.717, 1.165) is 62.8 Å². The highest BCUT2D eigenvalue weighted by molar-refractivity contribution is 5.99. The minimum atomic E-state index is -0.539. The molecule has 2 aromatic heterocycles. The summed E-state index contributed by atoms with van der Waals surface area (Å²) < 4.78 is 7.52. The van der Waals surface area contributed by atoms with E-state index in [4.69, 9.17) is 4.74 Å². The monoisotopic (exact) mass is 495 g/mol. The van der Waals surface area contributed by atoms with E-state index in [1.165, 1.54) is 19.3 Å². The SMILES string of the molecule is O=C(NCc1cc(C2CC2)n[nH]1)c1cn(CC2CCCO2)cc(C(=O)NC2CCCCCCC2)c1=O. The van der Waals surface area contributed by atoms with Gasteiger partial charge in [0.1, 0.15) is 11.1 Å². The van der Waals surface area contributed by atoms with E-state index in [9.17, 15) is 14.4 Å². The molecule has 9 heteroatoms. The molecule has 3 N–H and O–H groups in total. The normalized spacial score (nSPS) is 21.1. The van der Waals surface area contributed by atoms with E-state index in [0.29, 0.717) is 19.1 Å². The van der Waals surface area contributed by atoms with Crippen LogP contribution in [0.3, 0.4) is 0 Å². The van der Waals surface area contributed by atoms with Gasteiger partial charge in [-0.2, -0.15) is 5.10 Å². The van der Waals surface area contributed by atoms with Gasteiger partial charge in [-0.05, 0) is 44.6 Å². The molecule has 0 aromatic carbocycles. The van der Waals surface area contributed by atoms with E-state index in [2.05, 4.69) is 20.8 Å². The summed E-state index contributed by atoms with van der Waals surface area (Å²) >= 11 is 0. The van der Waals surface area contributed by atoms with Crippen molar-refractivity contribution in [1.82, 2.24) is 25.4 Å². The second-order valence-corrected chi connectivity index (χ2v) is 10.5. The van der Waals surface area contributed by atoms with Crippen LogP contribution >= 0.6 is 0 Å². The number of carbonyl (C=O) groups is 2. The molecule has 0 radical (unpaired) electrons. The van der Waals surface area contributed by atoms with Crippen molar-refractivity contribution in [2.45, 2.75) is 102 Å². The first-order valence-corrected chi connectivity index (χ1v) is 13.6. The summed E-state index contributed by atoms with van der Waals surface area (Å²) in [5.41, 5.74) is 1.26. The molecule has 2 amide bonds. The number of hydrogen-bond donors (Lipinski definition) is 3. The lowest BCUT2D eigenvalue weighted by molar-refractivity contribution is 0.0914. The Morgan fingerprint density at radius 1 is 0.972 bits per heavy atom. The Morgan fingerprint density at radius 2 is 1.69 bits per heavy atom. The highest BCUT2D eigenvalue weighted by atomic mass is 16.5. The third-order valence-electron chi connectivity index (χ3n) is 7.53. The Bertz CT molecular complexity index is 1120. The fourth-order valence-corrected chi connectivity index (χ4v) is 5.28. The molecular weight excluding hydrogens is 458 g/mol. The first-order valence-electron chi connectivity index (χ1n) is 13.6. The van der Waals surface area contributed by atoms with E-state index >= 15 is 0 Å². The topological polar surface area (TPSA) is 118 Å². The van der Waals surface area contributed by atoms with Crippen LogP contribution in [0.15, 0.2) is 23.3 Å². The number of ether oxygens (including phenoxy) is 1. The molecule has 1 saturated heterocycles. The maximum atomic E-state index is 13.3. The van der Waals surface area contributed by atoms with Crippen LogP contribution in [0.1, 0.15) is 109 Å². The smallest absolute Gasteiger partial charge is 0.257 e. The third-order valence-corrected chi connectivity index (χ3v) is 7.53. The zero-order chi connectivity index (χ0) is 24.9. The van der Waals surface area contributed by atoms with E-state index in [-0.39, 0.29) is 29.8 Å². The largest absolute Gasteiger partial charge is 0.376 e. The molecule has 0 spiro atoms. The number of rotatable bonds is 8. The summed E-state index contributed by atoms with van der Waals surface area (Å²) in [6.45, 7) is 1.44. The first-order chi connectivity index (χ1) is 17.6. The number of hydrogen-bond acceptors (Lipinski definition) is 5. The lowest BCUT2D eigenvalue weighted by Gasteiger charge is -2.21. The number of aromatic amines is 1. The maximum absolute atomic E-state index is 13.3. The highest BCUT2D eigenvalue weighted by Gasteiger charge is 2.27. The number of pyridine rings is 1. The molecule has 1 unspecified atom stereocenters. The van der Waals surface area contributed by atoms with Crippen molar-refractivity contribution in [3.63, 3.8) is 0 Å². The number of nitrogens with one attached hydrogen (secondary N) is 3. The molecule has 9 nitrogen and oxygen atoms in total. The Balaban J connectivity index is 1.33. The Kier molecular flexibility index (Phi) is 7.84. The van der Waals surface area contributed by atoms with E-state index in [1.54, 1.807) is 17.0 Å². The van der Waals surface area contributed by atoms with Crippen molar-refractivity contribution in [3.8, 4) is 0 Å². The summed E-state index contributed by atoms with van der Waals surface area (Å²) in [7, 11) is 0. The van der Waals surface area contributed by atoms with Gasteiger partial charge in [-0.3, -0.25) is 19.5 Å². The molecule has 2 saturated carbocycles. The second kappa shape index (κ2) is 11.4. The van der Waals surface area contributed by atoms with Gasteiger partial charge in [0.2, 0.25) is 5.43 Å². The van der Waals surface area contributed by atoms with Crippen LogP contribution in [-0.4, -0.2) is 45.3 Å². The minimum Gasteiger partial charge on any atom is -0.376 e. The molecule has 1 atom stereocenters. The summed E-state index contributed by atoms with van der Waals surface area (Å²) in [6, 6.07) is 2.02. The van der Waals surface area contributed by atoms with Crippen molar-refractivity contribution >= 4 is 11.8 Å². The standard InChI is InChI=1S/C27H37N5O4/c33-25-22(26(34)28-14-20-13-24(31-30-20)18-10-11-18)16-32(15-21-9-6-12-36-21)17-23(25)27(35)29-19-7-4-2-1-3-5-8-19/h13,16-19,21H,1-12,14-15H2,(H,28,34)(H,29,35)(H,30,31). The molecule has 3 heterocycles. The Labute approximate surface area is 211 Å². The van der Waals surface area contributed by atoms with Crippen molar-refractivity contribution in [2.75, 3.05) is 6.61 Å². The van der Waals surface area contributed by atoms with Crippen LogP contribution in [0.25, 0.3) is 0 Å². The van der Waals surface area contributed by atoms with Gasteiger partial charge in [0.15, 0.2) is 0 Å². The highest BCUT2D eigenvalue weighted by Crippen LogP contribution is 2.38. The van der Waals surface area contributed by atoms with E-state index < -0.39 is 17.2 Å². The maximum Gasteiger partial charge on any atom is 0.257 e. The summed E-state index contributed by atoms with van der Waals surface area (Å²) in [5, 5.41) is 13.2. The lowest BCUT2D eigenvalue weighted by Crippen LogP contribution is -2.40. The van der Waals surface area contributed by atoms with Crippen LogP contribution in [0.5, 0.6) is 0 Å². The molecule has 2 aliphatic carbocycles. The van der Waals surface area contributed by atoms with Gasteiger partial charge in [0.05, 0.1) is 24.0 Å². The molecule has 1 aliphatic heterocycles. The van der Waals surface area contributed by atoms with Gasteiger partial charge in [0.25, 0.3) is 11.8 Å². The van der Waals surface area contributed by atoms with Crippen LogP contribution < -0.4 is 16.1 Å². The molecule has 5 rings (SSSR count). The fourth-order valence-electron chi connectivity index (χ4n) is 5.28. The molecule has 3 fully saturated rings. The fraction of sp³-hybridized carbons (Fsp3) is 0.630. The van der Waals surface area contributed by atoms with Crippen molar-refractivity contribution in [2.24, 2.45) is 0 Å². The van der Waals surface area contributed by atoms with Gasteiger partial charge < -0.3 is 19.9 Å². The van der Waals surface area contributed by atoms with Gasteiger partial charge in [-0.15, -0.1) is 0 Å². The lowest BCUT2D eigenvalue weighted by atomic mass is 9.96. The van der Waals surface area contributed by atoms with Crippen LogP contribution in [0, 0.1) is 0 Å². The quantitative estimate of drug-likeness (QED) is 0.519. The summed E-state index contributed by atoms with van der Waals surface area (Å²) in [5.74, 6) is -0.378. The molecule has 36 heavy (non-hydrogen) atoms. The summed E-state index contributed by atoms with van der Waals surface area (Å²) in [6.07, 6.45) is 14.9. The Morgan fingerprint density at radius 3 is 2.39 bits per heavy atom. The minimum absolute atomic E-state index is 0.00997. The van der Waals surface area contributed by atoms with Gasteiger partial charge in [-0.25, -0.2) is 0 Å². The average molecular weight is 496 g/mol. The molecule has 0 bridgehead atoms. The average Bonchev–Trinajstić information content (AvgIpc) is 3.37. The molecule has 3 aliphatic rings. The number of aromatic nitrogens is 3. The zero-order valence-corrected chi connectivity index (χ0v) is 20.9. The van der Waals surface area contributed by atoms with Crippen LogP contribution in [0.2, 0.25) is 0 Å². The summed E-state index contributed by atoms with van der Waals surface area (Å²) in [4.78, 5) is 39.7. The van der Waals surface area contributed by atoms with Crippen LogP contribution in [-0.2, 0) is 17.8 Å². The molecule has 2 aromatic rings. The van der Waals surface area contributed by atoms with Crippen molar-refractivity contribution in [1.29, 1.82) is 0 Å². The number of nitrogens with zero attached hydrogens (tertiary/aromatic N) is 2. The van der Waals surface area contributed by atoms with Crippen LogP contribution in [0.4, 0.5) is 0 Å². The predicted molar refractivity (Wildman–Crippen MR) is 135 cm³/mol. The third kappa shape index (κ3) is 6.24. The van der Waals surface area contributed by atoms with Gasteiger partial charge >= 0.3 is 0 Å².